The molecule has 0 aromatic carbocycles. The van der Waals surface area contributed by atoms with E-state index in [4.69, 9.17) is 5.73 Å². The van der Waals surface area contributed by atoms with E-state index in [1.165, 1.54) is 4.88 Å². The highest BCUT2D eigenvalue weighted by molar-refractivity contribution is 7.18. The highest BCUT2D eigenvalue weighted by atomic mass is 32.1. The summed E-state index contributed by atoms with van der Waals surface area (Å²) in [6.07, 6.45) is 3.81. The molecule has 2 heterocycles. The van der Waals surface area contributed by atoms with E-state index in [1.54, 1.807) is 17.7 Å². The molecule has 19 heavy (non-hydrogen) atoms. The van der Waals surface area contributed by atoms with Gasteiger partial charge < -0.3 is 11.1 Å². The average molecular weight is 278 g/mol. The Balaban J connectivity index is 2.09. The fourth-order valence-corrected chi connectivity index (χ4v) is 2.96. The van der Waals surface area contributed by atoms with Crippen molar-refractivity contribution in [3.63, 3.8) is 0 Å². The van der Waals surface area contributed by atoms with E-state index in [2.05, 4.69) is 42.1 Å². The van der Waals surface area contributed by atoms with Gasteiger partial charge in [-0.25, -0.2) is 9.97 Å². The van der Waals surface area contributed by atoms with Gasteiger partial charge in [-0.05, 0) is 37.8 Å². The number of hydrogen-bond acceptors (Lipinski definition) is 5. The van der Waals surface area contributed by atoms with Crippen molar-refractivity contribution in [2.45, 2.75) is 33.6 Å². The second-order valence-corrected chi connectivity index (χ2v) is 6.94. The molecule has 0 spiro atoms. The van der Waals surface area contributed by atoms with Crippen LogP contribution in [0.3, 0.4) is 0 Å². The second kappa shape index (κ2) is 5.84. The lowest BCUT2D eigenvalue weighted by Gasteiger charge is -2.25. The van der Waals surface area contributed by atoms with Crippen LogP contribution in [0.1, 0.15) is 31.6 Å². The van der Waals surface area contributed by atoms with Crippen molar-refractivity contribution >= 4 is 27.4 Å². The van der Waals surface area contributed by atoms with Crippen LogP contribution in [0.5, 0.6) is 0 Å². The molecule has 0 saturated heterocycles. The van der Waals surface area contributed by atoms with Gasteiger partial charge >= 0.3 is 0 Å². The number of nitrogens with zero attached hydrogens (tertiary/aromatic N) is 2. The molecule has 0 unspecified atom stereocenters. The summed E-state index contributed by atoms with van der Waals surface area (Å²) in [5, 5.41) is 4.59. The summed E-state index contributed by atoms with van der Waals surface area (Å²) in [6, 6.07) is 2.15. The molecule has 2 aromatic rings. The summed E-state index contributed by atoms with van der Waals surface area (Å²) in [4.78, 5) is 11.0. The predicted octanol–water partition coefficient (Wildman–Crippen LogP) is 3.18. The Kier molecular flexibility index (Phi) is 4.37. The first-order chi connectivity index (χ1) is 9.02. The van der Waals surface area contributed by atoms with Gasteiger partial charge in [0.05, 0.1) is 5.39 Å². The Morgan fingerprint density at radius 3 is 2.89 bits per heavy atom. The summed E-state index contributed by atoms with van der Waals surface area (Å²) in [6.45, 7) is 8.26. The molecule has 0 saturated carbocycles. The average Bonchev–Trinajstić information content (AvgIpc) is 2.74. The molecule has 0 atom stereocenters. The second-order valence-electron chi connectivity index (χ2n) is 5.71. The molecule has 5 heteroatoms. The molecule has 0 bridgehead atoms. The lowest BCUT2D eigenvalue weighted by molar-refractivity contribution is 0.350. The van der Waals surface area contributed by atoms with Gasteiger partial charge in [0.25, 0.3) is 0 Å². The highest BCUT2D eigenvalue weighted by Crippen LogP contribution is 2.29. The van der Waals surface area contributed by atoms with Crippen LogP contribution in [0.15, 0.2) is 12.4 Å². The third kappa shape index (κ3) is 3.64. The zero-order valence-electron chi connectivity index (χ0n) is 11.9. The topological polar surface area (TPSA) is 63.8 Å². The Labute approximate surface area is 118 Å². The number of nitrogens with one attached hydrogen (secondary N) is 1. The number of rotatable bonds is 6. The van der Waals surface area contributed by atoms with Crippen LogP contribution >= 0.6 is 11.3 Å². The van der Waals surface area contributed by atoms with E-state index in [9.17, 15) is 0 Å². The zero-order valence-corrected chi connectivity index (χ0v) is 12.7. The van der Waals surface area contributed by atoms with Gasteiger partial charge in [0.1, 0.15) is 17.0 Å². The lowest BCUT2D eigenvalue weighted by Crippen LogP contribution is -2.24. The third-order valence-electron chi connectivity index (χ3n) is 3.24. The molecule has 2 aromatic heterocycles. The van der Waals surface area contributed by atoms with E-state index in [0.29, 0.717) is 0 Å². The van der Waals surface area contributed by atoms with Gasteiger partial charge in [-0.15, -0.1) is 11.3 Å². The molecule has 104 valence electrons. The van der Waals surface area contributed by atoms with Crippen molar-refractivity contribution in [3.8, 4) is 0 Å². The van der Waals surface area contributed by atoms with E-state index in [-0.39, 0.29) is 5.41 Å². The maximum atomic E-state index is 5.58. The molecule has 0 aliphatic heterocycles. The van der Waals surface area contributed by atoms with Crippen LogP contribution in [-0.4, -0.2) is 23.1 Å². The minimum Gasteiger partial charge on any atom is -0.369 e. The fraction of sp³-hybridized carbons (Fsp3) is 0.571. The van der Waals surface area contributed by atoms with Crippen LogP contribution < -0.4 is 11.1 Å². The maximum Gasteiger partial charge on any atom is 0.138 e. The van der Waals surface area contributed by atoms with Crippen LogP contribution in [0.25, 0.3) is 10.2 Å². The summed E-state index contributed by atoms with van der Waals surface area (Å²) < 4.78 is 0. The zero-order chi connectivity index (χ0) is 13.9. The van der Waals surface area contributed by atoms with Crippen molar-refractivity contribution in [2.75, 3.05) is 18.4 Å². The lowest BCUT2D eigenvalue weighted by atomic mass is 9.88. The van der Waals surface area contributed by atoms with Crippen molar-refractivity contribution in [3.05, 3.63) is 17.3 Å². The number of anilines is 1. The molecular weight excluding hydrogens is 256 g/mol. The molecule has 0 fully saturated rings. The van der Waals surface area contributed by atoms with Crippen molar-refractivity contribution in [1.82, 2.24) is 9.97 Å². The number of thiophene rings is 1. The summed E-state index contributed by atoms with van der Waals surface area (Å²) in [5.74, 6) is 0.940. The van der Waals surface area contributed by atoms with Gasteiger partial charge in [0, 0.05) is 11.4 Å². The van der Waals surface area contributed by atoms with Crippen molar-refractivity contribution in [1.29, 1.82) is 0 Å². The summed E-state index contributed by atoms with van der Waals surface area (Å²) >= 11 is 1.71. The first-order valence-corrected chi connectivity index (χ1v) is 7.48. The van der Waals surface area contributed by atoms with Crippen LogP contribution in [0, 0.1) is 12.3 Å². The van der Waals surface area contributed by atoms with Crippen molar-refractivity contribution in [2.24, 2.45) is 11.1 Å². The number of aryl methyl sites for hydroxylation is 1. The predicted molar refractivity (Wildman–Crippen MR) is 82.7 cm³/mol. The number of fused-ring (bicyclic) bond motifs is 1. The van der Waals surface area contributed by atoms with Gasteiger partial charge in [-0.2, -0.15) is 0 Å². The summed E-state index contributed by atoms with van der Waals surface area (Å²) in [5.41, 5.74) is 5.80. The Bertz CT molecular complexity index is 547. The van der Waals surface area contributed by atoms with E-state index < -0.39 is 0 Å². The Hall–Kier alpha value is -1.20. The number of hydrogen-bond donors (Lipinski definition) is 2. The molecule has 0 aliphatic rings. The minimum atomic E-state index is 0.224. The van der Waals surface area contributed by atoms with E-state index in [0.717, 1.165) is 42.0 Å². The van der Waals surface area contributed by atoms with Gasteiger partial charge in [0.15, 0.2) is 0 Å². The van der Waals surface area contributed by atoms with Crippen LogP contribution in [0.2, 0.25) is 0 Å². The Morgan fingerprint density at radius 1 is 1.37 bits per heavy atom. The standard InChI is InChI=1S/C14H22N4S/c1-10-7-11-12(17-9-18-13(11)19-10)16-8-14(2,3)5-4-6-15/h7,9H,4-6,8,15H2,1-3H3,(H,16,17,18). The molecule has 4 nitrogen and oxygen atoms in total. The van der Waals surface area contributed by atoms with Crippen LogP contribution in [-0.2, 0) is 0 Å². The minimum absolute atomic E-state index is 0.224. The number of nitrogens with two attached hydrogens (primary N) is 1. The molecule has 3 N–H and O–H groups in total. The van der Waals surface area contributed by atoms with Gasteiger partial charge in [-0.3, -0.25) is 0 Å². The van der Waals surface area contributed by atoms with Crippen LogP contribution in [0.4, 0.5) is 5.82 Å². The molecule has 2 rings (SSSR count). The monoisotopic (exact) mass is 278 g/mol. The molecule has 0 radical (unpaired) electrons. The maximum absolute atomic E-state index is 5.58. The molecule has 0 amide bonds. The number of aromatic nitrogens is 2. The fourth-order valence-electron chi connectivity index (χ4n) is 2.11. The smallest absolute Gasteiger partial charge is 0.138 e. The first kappa shape index (κ1) is 14.2. The quantitative estimate of drug-likeness (QED) is 0.852. The van der Waals surface area contributed by atoms with Gasteiger partial charge in [0.2, 0.25) is 0 Å². The molecular formula is C14H22N4S. The largest absolute Gasteiger partial charge is 0.369 e. The van der Waals surface area contributed by atoms with E-state index >= 15 is 0 Å². The van der Waals surface area contributed by atoms with E-state index in [1.807, 2.05) is 0 Å². The summed E-state index contributed by atoms with van der Waals surface area (Å²) in [7, 11) is 0. The first-order valence-electron chi connectivity index (χ1n) is 6.67. The molecule has 0 aliphatic carbocycles. The van der Waals surface area contributed by atoms with Crippen molar-refractivity contribution < 1.29 is 0 Å². The third-order valence-corrected chi connectivity index (χ3v) is 4.20. The highest BCUT2D eigenvalue weighted by Gasteiger charge is 2.18. The SMILES string of the molecule is Cc1cc2c(NCC(C)(C)CCCN)ncnc2s1. The normalized spacial score (nSPS) is 12.0. The Morgan fingerprint density at radius 2 is 2.16 bits per heavy atom. The van der Waals surface area contributed by atoms with Gasteiger partial charge in [-0.1, -0.05) is 13.8 Å².